The highest BCUT2D eigenvalue weighted by Gasteiger charge is 2.18. The molecule has 0 saturated heterocycles. The van der Waals surface area contributed by atoms with Crippen molar-refractivity contribution in [2.24, 2.45) is 0 Å². The smallest absolute Gasteiger partial charge is 0.256 e. The van der Waals surface area contributed by atoms with E-state index in [0.29, 0.717) is 40.0 Å². The Kier molecular flexibility index (Phi) is 5.48. The zero-order valence-electron chi connectivity index (χ0n) is 16.6. The summed E-state index contributed by atoms with van der Waals surface area (Å²) in [5, 5.41) is 2.89. The Bertz CT molecular complexity index is 1170. The number of ether oxygens (including phenoxy) is 2. The van der Waals surface area contributed by atoms with E-state index in [4.69, 9.17) is 13.9 Å². The van der Waals surface area contributed by atoms with Crippen molar-refractivity contribution in [2.45, 2.75) is 0 Å². The van der Waals surface area contributed by atoms with Crippen molar-refractivity contribution in [3.63, 3.8) is 0 Å². The third-order valence-electron chi connectivity index (χ3n) is 4.62. The van der Waals surface area contributed by atoms with Crippen molar-refractivity contribution < 1.29 is 18.7 Å². The van der Waals surface area contributed by atoms with Gasteiger partial charge in [0, 0.05) is 17.2 Å². The Morgan fingerprint density at radius 3 is 2.47 bits per heavy atom. The van der Waals surface area contributed by atoms with Crippen molar-refractivity contribution in [3.05, 3.63) is 84.6 Å². The molecule has 0 atom stereocenters. The molecular weight excluding hydrogens is 380 g/mol. The maximum Gasteiger partial charge on any atom is 0.256 e. The van der Waals surface area contributed by atoms with E-state index in [1.54, 1.807) is 49.7 Å². The molecule has 0 aliphatic heterocycles. The lowest BCUT2D eigenvalue weighted by Gasteiger charge is -2.12. The van der Waals surface area contributed by atoms with E-state index >= 15 is 0 Å². The van der Waals surface area contributed by atoms with Gasteiger partial charge in [-0.15, -0.1) is 0 Å². The molecule has 3 aromatic carbocycles. The van der Waals surface area contributed by atoms with Crippen LogP contribution in [-0.2, 0) is 0 Å². The van der Waals surface area contributed by atoms with Crippen molar-refractivity contribution >= 4 is 11.6 Å². The van der Waals surface area contributed by atoms with Gasteiger partial charge in [-0.2, -0.15) is 0 Å². The number of anilines is 1. The van der Waals surface area contributed by atoms with Gasteiger partial charge in [-0.1, -0.05) is 42.5 Å². The molecule has 0 unspecified atom stereocenters. The van der Waals surface area contributed by atoms with Crippen molar-refractivity contribution in [1.82, 2.24) is 4.98 Å². The minimum absolute atomic E-state index is 0.298. The average Bonchev–Trinajstić information content (AvgIpc) is 3.30. The van der Waals surface area contributed by atoms with Crippen LogP contribution in [0, 0.1) is 0 Å². The predicted octanol–water partition coefficient (Wildman–Crippen LogP) is 5.28. The topological polar surface area (TPSA) is 73.6 Å². The molecule has 150 valence electrons. The molecule has 0 radical (unpaired) electrons. The Morgan fingerprint density at radius 1 is 0.933 bits per heavy atom. The van der Waals surface area contributed by atoms with Crippen LogP contribution in [0.25, 0.3) is 22.8 Å². The highest BCUT2D eigenvalue weighted by molar-refractivity contribution is 6.08. The van der Waals surface area contributed by atoms with Crippen LogP contribution in [0.2, 0.25) is 0 Å². The van der Waals surface area contributed by atoms with E-state index in [1.165, 1.54) is 7.11 Å². The predicted molar refractivity (Wildman–Crippen MR) is 115 cm³/mol. The second-order valence-corrected chi connectivity index (χ2v) is 6.46. The van der Waals surface area contributed by atoms with Crippen LogP contribution >= 0.6 is 0 Å². The highest BCUT2D eigenvalue weighted by Crippen LogP contribution is 2.31. The Labute approximate surface area is 174 Å². The SMILES string of the molecule is COc1ccc(NC(=O)c2ccccc2-c2ncc(-c3ccccc3)o2)c(OC)c1. The van der Waals surface area contributed by atoms with Crippen LogP contribution < -0.4 is 14.8 Å². The first-order valence-electron chi connectivity index (χ1n) is 9.33. The molecule has 0 bridgehead atoms. The number of carbonyl (C=O) groups excluding carboxylic acids is 1. The van der Waals surface area contributed by atoms with E-state index in [9.17, 15) is 4.79 Å². The molecule has 0 aliphatic carbocycles. The summed E-state index contributed by atoms with van der Waals surface area (Å²) in [6.07, 6.45) is 1.66. The maximum absolute atomic E-state index is 13.0. The summed E-state index contributed by atoms with van der Waals surface area (Å²) >= 11 is 0. The zero-order valence-corrected chi connectivity index (χ0v) is 16.6. The monoisotopic (exact) mass is 400 g/mol. The number of oxazole rings is 1. The first-order valence-corrected chi connectivity index (χ1v) is 9.33. The average molecular weight is 400 g/mol. The fourth-order valence-corrected chi connectivity index (χ4v) is 3.09. The number of nitrogens with one attached hydrogen (secondary N) is 1. The lowest BCUT2D eigenvalue weighted by molar-refractivity contribution is 0.102. The number of amides is 1. The van der Waals surface area contributed by atoms with Crippen molar-refractivity contribution in [1.29, 1.82) is 0 Å². The summed E-state index contributed by atoms with van der Waals surface area (Å²) in [5.74, 6) is 1.86. The standard InChI is InChI=1S/C24H20N2O4/c1-28-17-12-13-20(21(14-17)29-2)26-23(27)18-10-6-7-11-19(18)24-25-15-22(30-24)16-8-4-3-5-9-16/h3-15H,1-2H3,(H,26,27). The highest BCUT2D eigenvalue weighted by atomic mass is 16.5. The Hall–Kier alpha value is -4.06. The molecule has 6 nitrogen and oxygen atoms in total. The molecule has 30 heavy (non-hydrogen) atoms. The molecule has 4 aromatic rings. The number of hydrogen-bond acceptors (Lipinski definition) is 5. The number of rotatable bonds is 6. The van der Waals surface area contributed by atoms with Crippen LogP contribution in [0.5, 0.6) is 11.5 Å². The Morgan fingerprint density at radius 2 is 1.70 bits per heavy atom. The summed E-state index contributed by atoms with van der Waals surface area (Å²) in [5.41, 5.74) is 2.50. The molecule has 1 amide bonds. The fourth-order valence-electron chi connectivity index (χ4n) is 3.09. The molecule has 6 heteroatoms. The van der Waals surface area contributed by atoms with Gasteiger partial charge >= 0.3 is 0 Å². The van der Waals surface area contributed by atoms with Gasteiger partial charge < -0.3 is 19.2 Å². The molecule has 4 rings (SSSR count). The van der Waals surface area contributed by atoms with E-state index in [0.717, 1.165) is 5.56 Å². The first-order chi connectivity index (χ1) is 14.7. The van der Waals surface area contributed by atoms with Crippen LogP contribution in [-0.4, -0.2) is 25.1 Å². The van der Waals surface area contributed by atoms with Gasteiger partial charge in [0.15, 0.2) is 5.76 Å². The minimum Gasteiger partial charge on any atom is -0.497 e. The maximum atomic E-state index is 13.0. The van der Waals surface area contributed by atoms with Crippen molar-refractivity contribution in [3.8, 4) is 34.3 Å². The largest absolute Gasteiger partial charge is 0.497 e. The second kappa shape index (κ2) is 8.53. The summed E-state index contributed by atoms with van der Waals surface area (Å²) in [6.45, 7) is 0. The quantitative estimate of drug-likeness (QED) is 0.477. The van der Waals surface area contributed by atoms with E-state index < -0.39 is 0 Å². The molecule has 1 aromatic heterocycles. The third kappa shape index (κ3) is 3.89. The lowest BCUT2D eigenvalue weighted by Crippen LogP contribution is -2.14. The van der Waals surface area contributed by atoms with E-state index in [-0.39, 0.29) is 5.91 Å². The van der Waals surface area contributed by atoms with Crippen LogP contribution in [0.3, 0.4) is 0 Å². The van der Waals surface area contributed by atoms with Gasteiger partial charge in [0.2, 0.25) is 5.89 Å². The van der Waals surface area contributed by atoms with Gasteiger partial charge in [-0.3, -0.25) is 4.79 Å². The second-order valence-electron chi connectivity index (χ2n) is 6.46. The molecule has 1 heterocycles. The van der Waals surface area contributed by atoms with Crippen LogP contribution in [0.15, 0.2) is 83.4 Å². The molecule has 1 N–H and O–H groups in total. The lowest BCUT2D eigenvalue weighted by atomic mass is 10.1. The fraction of sp³-hybridized carbons (Fsp3) is 0.0833. The number of benzene rings is 3. The number of aromatic nitrogens is 1. The van der Waals surface area contributed by atoms with Crippen LogP contribution in [0.4, 0.5) is 5.69 Å². The minimum atomic E-state index is -0.298. The Balaban J connectivity index is 1.64. The number of methoxy groups -OCH3 is 2. The molecule has 0 saturated carbocycles. The normalized spacial score (nSPS) is 10.5. The summed E-state index contributed by atoms with van der Waals surface area (Å²) in [4.78, 5) is 17.4. The summed E-state index contributed by atoms with van der Waals surface area (Å²) in [6, 6.07) is 22.1. The molecular formula is C24H20N2O4. The van der Waals surface area contributed by atoms with E-state index in [2.05, 4.69) is 10.3 Å². The molecule has 0 spiro atoms. The number of carbonyl (C=O) groups is 1. The molecule has 0 fully saturated rings. The van der Waals surface area contributed by atoms with Gasteiger partial charge in [-0.25, -0.2) is 4.98 Å². The van der Waals surface area contributed by atoms with Crippen molar-refractivity contribution in [2.75, 3.05) is 19.5 Å². The summed E-state index contributed by atoms with van der Waals surface area (Å²) < 4.78 is 16.5. The number of hydrogen-bond donors (Lipinski definition) is 1. The first kappa shape index (κ1) is 19.3. The van der Waals surface area contributed by atoms with Gasteiger partial charge in [0.05, 0.1) is 31.7 Å². The zero-order chi connectivity index (χ0) is 20.9. The number of nitrogens with zero attached hydrogens (tertiary/aromatic N) is 1. The van der Waals surface area contributed by atoms with E-state index in [1.807, 2.05) is 36.4 Å². The van der Waals surface area contributed by atoms with Gasteiger partial charge in [0.25, 0.3) is 5.91 Å². The molecule has 0 aliphatic rings. The summed E-state index contributed by atoms with van der Waals surface area (Å²) in [7, 11) is 3.11. The third-order valence-corrected chi connectivity index (χ3v) is 4.62. The van der Waals surface area contributed by atoms with Crippen LogP contribution in [0.1, 0.15) is 10.4 Å². The van der Waals surface area contributed by atoms with Gasteiger partial charge in [-0.05, 0) is 24.3 Å². The van der Waals surface area contributed by atoms with Gasteiger partial charge in [0.1, 0.15) is 11.5 Å².